The quantitative estimate of drug-likeness (QED) is 0.862. The molecular weight excluding hydrogens is 234 g/mol. The van der Waals surface area contributed by atoms with Gasteiger partial charge < -0.3 is 10.2 Å². The molecule has 0 aliphatic heterocycles. The SMILES string of the molecule is CC(CCN(C)C)NCc1cncc2ccccc12. The van der Waals surface area contributed by atoms with Crippen molar-refractivity contribution in [3.8, 4) is 0 Å². The first-order valence-corrected chi connectivity index (χ1v) is 6.86. The Kier molecular flexibility index (Phi) is 4.88. The predicted octanol–water partition coefficient (Wildman–Crippen LogP) is 2.66. The first-order valence-electron chi connectivity index (χ1n) is 6.86. The molecule has 1 N–H and O–H groups in total. The van der Waals surface area contributed by atoms with Crippen molar-refractivity contribution in [3.63, 3.8) is 0 Å². The highest BCUT2D eigenvalue weighted by molar-refractivity contribution is 5.84. The number of pyridine rings is 1. The van der Waals surface area contributed by atoms with E-state index in [2.05, 4.69) is 60.5 Å². The molecule has 0 saturated carbocycles. The van der Waals surface area contributed by atoms with Gasteiger partial charge in [0.1, 0.15) is 0 Å². The third-order valence-electron chi connectivity index (χ3n) is 3.40. The molecule has 0 spiro atoms. The number of hydrogen-bond acceptors (Lipinski definition) is 3. The normalized spacial score (nSPS) is 13.1. The van der Waals surface area contributed by atoms with Crippen LogP contribution in [0.15, 0.2) is 36.7 Å². The van der Waals surface area contributed by atoms with E-state index in [0.29, 0.717) is 6.04 Å². The van der Waals surface area contributed by atoms with E-state index >= 15 is 0 Å². The van der Waals surface area contributed by atoms with Gasteiger partial charge in [0.25, 0.3) is 0 Å². The number of nitrogens with one attached hydrogen (secondary N) is 1. The van der Waals surface area contributed by atoms with Crippen LogP contribution in [0.1, 0.15) is 18.9 Å². The molecule has 0 bridgehead atoms. The number of rotatable bonds is 6. The van der Waals surface area contributed by atoms with Crippen LogP contribution in [0.5, 0.6) is 0 Å². The molecular formula is C16H23N3. The highest BCUT2D eigenvalue weighted by atomic mass is 15.1. The first kappa shape index (κ1) is 14.0. The van der Waals surface area contributed by atoms with Crippen molar-refractivity contribution in [2.75, 3.05) is 20.6 Å². The van der Waals surface area contributed by atoms with E-state index in [-0.39, 0.29) is 0 Å². The molecule has 0 aliphatic rings. The second kappa shape index (κ2) is 6.64. The molecule has 1 aromatic heterocycles. The average molecular weight is 257 g/mol. The Balaban J connectivity index is 1.98. The second-order valence-electron chi connectivity index (χ2n) is 5.39. The van der Waals surface area contributed by atoms with E-state index in [9.17, 15) is 0 Å². The molecule has 3 nitrogen and oxygen atoms in total. The minimum Gasteiger partial charge on any atom is -0.310 e. The van der Waals surface area contributed by atoms with Crippen LogP contribution in [0.2, 0.25) is 0 Å². The van der Waals surface area contributed by atoms with Gasteiger partial charge in [0.2, 0.25) is 0 Å². The van der Waals surface area contributed by atoms with Crippen LogP contribution in [-0.4, -0.2) is 36.6 Å². The molecule has 0 aliphatic carbocycles. The summed E-state index contributed by atoms with van der Waals surface area (Å²) in [7, 11) is 4.22. The summed E-state index contributed by atoms with van der Waals surface area (Å²) in [5.74, 6) is 0. The van der Waals surface area contributed by atoms with Gasteiger partial charge in [0.15, 0.2) is 0 Å². The number of fused-ring (bicyclic) bond motifs is 1. The third-order valence-corrected chi connectivity index (χ3v) is 3.40. The zero-order valence-electron chi connectivity index (χ0n) is 12.1. The number of nitrogens with zero attached hydrogens (tertiary/aromatic N) is 2. The summed E-state index contributed by atoms with van der Waals surface area (Å²) in [5, 5.41) is 6.09. The molecule has 19 heavy (non-hydrogen) atoms. The van der Waals surface area contributed by atoms with E-state index in [1.807, 2.05) is 12.4 Å². The van der Waals surface area contributed by atoms with Crippen molar-refractivity contribution >= 4 is 10.8 Å². The minimum absolute atomic E-state index is 0.515. The molecule has 1 heterocycles. The van der Waals surface area contributed by atoms with Gasteiger partial charge in [0, 0.05) is 30.4 Å². The standard InChI is InChI=1S/C16H23N3/c1-13(8-9-19(2)3)18-12-15-11-17-10-14-6-4-5-7-16(14)15/h4-7,10-11,13,18H,8-9,12H2,1-3H3. The smallest absolute Gasteiger partial charge is 0.0346 e. The molecule has 1 aromatic carbocycles. The van der Waals surface area contributed by atoms with Gasteiger partial charge in [-0.05, 0) is 44.9 Å². The van der Waals surface area contributed by atoms with E-state index in [4.69, 9.17) is 0 Å². The average Bonchev–Trinajstić information content (AvgIpc) is 2.42. The van der Waals surface area contributed by atoms with Crippen LogP contribution in [0.3, 0.4) is 0 Å². The molecule has 1 unspecified atom stereocenters. The highest BCUT2D eigenvalue weighted by Gasteiger charge is 2.05. The fourth-order valence-electron chi connectivity index (χ4n) is 2.16. The van der Waals surface area contributed by atoms with Gasteiger partial charge in [-0.2, -0.15) is 0 Å². The van der Waals surface area contributed by atoms with Crippen LogP contribution in [0.4, 0.5) is 0 Å². The molecule has 0 amide bonds. The van der Waals surface area contributed by atoms with Crippen LogP contribution >= 0.6 is 0 Å². The summed E-state index contributed by atoms with van der Waals surface area (Å²) in [6, 6.07) is 8.93. The van der Waals surface area contributed by atoms with Crippen molar-refractivity contribution in [3.05, 3.63) is 42.2 Å². The lowest BCUT2D eigenvalue weighted by atomic mass is 10.1. The molecule has 1 atom stereocenters. The maximum atomic E-state index is 4.32. The topological polar surface area (TPSA) is 28.2 Å². The molecule has 102 valence electrons. The Bertz CT molecular complexity index is 517. The summed E-state index contributed by atoms with van der Waals surface area (Å²) in [6.07, 6.45) is 5.05. The monoisotopic (exact) mass is 257 g/mol. The maximum absolute atomic E-state index is 4.32. The van der Waals surface area contributed by atoms with Crippen molar-refractivity contribution in [2.24, 2.45) is 0 Å². The van der Waals surface area contributed by atoms with Gasteiger partial charge in [0.05, 0.1) is 0 Å². The summed E-state index contributed by atoms with van der Waals surface area (Å²) in [4.78, 5) is 6.54. The van der Waals surface area contributed by atoms with E-state index in [1.165, 1.54) is 16.3 Å². The maximum Gasteiger partial charge on any atom is 0.0346 e. The fraction of sp³-hybridized carbons (Fsp3) is 0.438. The molecule has 0 fully saturated rings. The Morgan fingerprint density at radius 3 is 2.79 bits per heavy atom. The van der Waals surface area contributed by atoms with Crippen LogP contribution in [-0.2, 0) is 6.54 Å². The largest absolute Gasteiger partial charge is 0.310 e. The van der Waals surface area contributed by atoms with Crippen LogP contribution in [0.25, 0.3) is 10.8 Å². The van der Waals surface area contributed by atoms with E-state index < -0.39 is 0 Å². The molecule has 0 saturated heterocycles. The molecule has 3 heteroatoms. The van der Waals surface area contributed by atoms with Crippen molar-refractivity contribution in [1.82, 2.24) is 15.2 Å². The van der Waals surface area contributed by atoms with Crippen LogP contribution in [0, 0.1) is 0 Å². The molecule has 2 rings (SSSR count). The Morgan fingerprint density at radius 1 is 1.21 bits per heavy atom. The van der Waals surface area contributed by atoms with Gasteiger partial charge in [-0.25, -0.2) is 0 Å². The van der Waals surface area contributed by atoms with Crippen LogP contribution < -0.4 is 5.32 Å². The summed E-state index contributed by atoms with van der Waals surface area (Å²) in [6.45, 7) is 4.23. The number of benzene rings is 1. The second-order valence-corrected chi connectivity index (χ2v) is 5.39. The van der Waals surface area contributed by atoms with Crippen molar-refractivity contribution < 1.29 is 0 Å². The highest BCUT2D eigenvalue weighted by Crippen LogP contribution is 2.16. The van der Waals surface area contributed by atoms with E-state index in [0.717, 1.165) is 19.5 Å². The van der Waals surface area contributed by atoms with E-state index in [1.54, 1.807) is 0 Å². The summed E-state index contributed by atoms with van der Waals surface area (Å²) < 4.78 is 0. The summed E-state index contributed by atoms with van der Waals surface area (Å²) in [5.41, 5.74) is 1.27. The fourth-order valence-corrected chi connectivity index (χ4v) is 2.16. The van der Waals surface area contributed by atoms with Gasteiger partial charge in [-0.15, -0.1) is 0 Å². The Hall–Kier alpha value is -1.45. The van der Waals surface area contributed by atoms with Crippen molar-refractivity contribution in [1.29, 1.82) is 0 Å². The number of hydrogen-bond donors (Lipinski definition) is 1. The zero-order chi connectivity index (χ0) is 13.7. The summed E-state index contributed by atoms with van der Waals surface area (Å²) >= 11 is 0. The van der Waals surface area contributed by atoms with Gasteiger partial charge in [-0.3, -0.25) is 4.98 Å². The third kappa shape index (κ3) is 4.01. The van der Waals surface area contributed by atoms with Gasteiger partial charge in [-0.1, -0.05) is 24.3 Å². The minimum atomic E-state index is 0.515. The molecule has 0 radical (unpaired) electrons. The number of aromatic nitrogens is 1. The lowest BCUT2D eigenvalue weighted by Crippen LogP contribution is -2.29. The first-order chi connectivity index (χ1) is 9.16. The van der Waals surface area contributed by atoms with Gasteiger partial charge >= 0.3 is 0 Å². The molecule has 2 aromatic rings. The predicted molar refractivity (Wildman–Crippen MR) is 81.2 cm³/mol. The lowest BCUT2D eigenvalue weighted by molar-refractivity contribution is 0.366. The van der Waals surface area contributed by atoms with Crippen molar-refractivity contribution in [2.45, 2.75) is 25.9 Å². The Labute approximate surface area is 115 Å². The Morgan fingerprint density at radius 2 is 2.00 bits per heavy atom. The zero-order valence-corrected chi connectivity index (χ0v) is 12.1. The lowest BCUT2D eigenvalue weighted by Gasteiger charge is -2.17.